The van der Waals surface area contributed by atoms with Crippen molar-refractivity contribution in [1.82, 2.24) is 5.32 Å². The van der Waals surface area contributed by atoms with E-state index in [1.165, 1.54) is 7.11 Å². The summed E-state index contributed by atoms with van der Waals surface area (Å²) < 4.78 is 5.63. The van der Waals surface area contributed by atoms with Gasteiger partial charge in [-0.3, -0.25) is 0 Å². The second-order valence-electron chi connectivity index (χ2n) is 5.15. The summed E-state index contributed by atoms with van der Waals surface area (Å²) in [7, 11) is 1.39. The molecular weight excluding hydrogens is 306 g/mol. The molecule has 1 N–H and O–H groups in total. The summed E-state index contributed by atoms with van der Waals surface area (Å²) in [6.07, 6.45) is 0. The fourth-order valence-corrected chi connectivity index (χ4v) is 2.12. The highest BCUT2D eigenvalue weighted by molar-refractivity contribution is 9.10. The molecule has 0 aliphatic carbocycles. The molecule has 0 saturated heterocycles. The number of rotatable bonds is 6. The van der Waals surface area contributed by atoms with E-state index in [4.69, 9.17) is 4.74 Å². The van der Waals surface area contributed by atoms with Crippen LogP contribution in [0.4, 0.5) is 0 Å². The summed E-state index contributed by atoms with van der Waals surface area (Å²) in [5.41, 5.74) is 1.71. The molecular formula is C15H22BrNO2. The maximum absolute atomic E-state index is 11.4. The SMILES string of the molecule is COC(=O)c1ccc(CNCC(C)C(C)C)c(Br)c1. The average Bonchev–Trinajstić information content (AvgIpc) is 2.39. The van der Waals surface area contributed by atoms with Gasteiger partial charge < -0.3 is 10.1 Å². The van der Waals surface area contributed by atoms with Gasteiger partial charge in [0, 0.05) is 11.0 Å². The maximum atomic E-state index is 11.4. The number of esters is 1. The minimum Gasteiger partial charge on any atom is -0.465 e. The standard InChI is InChI=1S/C15H22BrNO2/c1-10(2)11(3)8-17-9-13-6-5-12(7-14(13)16)15(18)19-4/h5-7,10-11,17H,8-9H2,1-4H3. The van der Waals surface area contributed by atoms with Gasteiger partial charge >= 0.3 is 5.97 Å². The number of carbonyl (C=O) groups is 1. The Morgan fingerprint density at radius 2 is 2.05 bits per heavy atom. The van der Waals surface area contributed by atoms with E-state index >= 15 is 0 Å². The topological polar surface area (TPSA) is 38.3 Å². The molecule has 0 aromatic heterocycles. The first-order valence-corrected chi connectivity index (χ1v) is 7.32. The van der Waals surface area contributed by atoms with E-state index in [0.717, 1.165) is 23.1 Å². The number of hydrogen-bond acceptors (Lipinski definition) is 3. The van der Waals surface area contributed by atoms with Crippen LogP contribution in [0.3, 0.4) is 0 Å². The first-order valence-electron chi connectivity index (χ1n) is 6.53. The van der Waals surface area contributed by atoms with Crippen molar-refractivity contribution in [3.8, 4) is 0 Å². The lowest BCUT2D eigenvalue weighted by atomic mass is 9.98. The molecule has 0 aliphatic rings. The van der Waals surface area contributed by atoms with Crippen molar-refractivity contribution >= 4 is 21.9 Å². The number of carbonyl (C=O) groups excluding carboxylic acids is 1. The third-order valence-electron chi connectivity index (χ3n) is 3.39. The normalized spacial score (nSPS) is 12.5. The van der Waals surface area contributed by atoms with Gasteiger partial charge in [0.2, 0.25) is 0 Å². The van der Waals surface area contributed by atoms with Crippen LogP contribution in [0.15, 0.2) is 22.7 Å². The molecule has 106 valence electrons. The Bertz CT molecular complexity index is 432. The molecule has 4 heteroatoms. The van der Waals surface area contributed by atoms with Gasteiger partial charge in [-0.2, -0.15) is 0 Å². The lowest BCUT2D eigenvalue weighted by Gasteiger charge is -2.16. The van der Waals surface area contributed by atoms with E-state index in [0.29, 0.717) is 17.4 Å². The van der Waals surface area contributed by atoms with E-state index in [-0.39, 0.29) is 5.97 Å². The summed E-state index contributed by atoms with van der Waals surface area (Å²) in [5.74, 6) is 1.01. The van der Waals surface area contributed by atoms with E-state index in [1.807, 2.05) is 6.07 Å². The third kappa shape index (κ3) is 4.96. The van der Waals surface area contributed by atoms with Gasteiger partial charge in [-0.15, -0.1) is 0 Å². The van der Waals surface area contributed by atoms with Crippen molar-refractivity contribution in [3.05, 3.63) is 33.8 Å². The average molecular weight is 328 g/mol. The minimum atomic E-state index is -0.311. The van der Waals surface area contributed by atoms with Gasteiger partial charge in [0.05, 0.1) is 12.7 Å². The van der Waals surface area contributed by atoms with Crippen molar-refractivity contribution in [2.24, 2.45) is 11.8 Å². The van der Waals surface area contributed by atoms with Crippen molar-refractivity contribution in [2.75, 3.05) is 13.7 Å². The number of benzene rings is 1. The number of methoxy groups -OCH3 is 1. The van der Waals surface area contributed by atoms with Crippen molar-refractivity contribution in [3.63, 3.8) is 0 Å². The second kappa shape index (κ2) is 7.65. The molecule has 19 heavy (non-hydrogen) atoms. The summed E-state index contributed by atoms with van der Waals surface area (Å²) in [4.78, 5) is 11.4. The van der Waals surface area contributed by atoms with Gasteiger partial charge in [0.25, 0.3) is 0 Å². The highest BCUT2D eigenvalue weighted by Gasteiger charge is 2.09. The number of ether oxygens (including phenoxy) is 1. The van der Waals surface area contributed by atoms with Crippen LogP contribution in [0.2, 0.25) is 0 Å². The summed E-state index contributed by atoms with van der Waals surface area (Å²) >= 11 is 3.49. The van der Waals surface area contributed by atoms with Gasteiger partial charge in [-0.25, -0.2) is 4.79 Å². The van der Waals surface area contributed by atoms with Gasteiger partial charge in [0.15, 0.2) is 0 Å². The van der Waals surface area contributed by atoms with Crippen molar-refractivity contribution in [2.45, 2.75) is 27.3 Å². The summed E-state index contributed by atoms with van der Waals surface area (Å²) in [6, 6.07) is 5.54. The molecule has 0 heterocycles. The number of halogens is 1. The molecule has 1 rings (SSSR count). The molecule has 1 aromatic carbocycles. The molecule has 0 bridgehead atoms. The number of hydrogen-bond donors (Lipinski definition) is 1. The minimum absolute atomic E-state index is 0.311. The van der Waals surface area contributed by atoms with Crippen LogP contribution in [0, 0.1) is 11.8 Å². The van der Waals surface area contributed by atoms with Crippen LogP contribution in [-0.2, 0) is 11.3 Å². The first kappa shape index (κ1) is 16.2. The molecule has 1 unspecified atom stereocenters. The largest absolute Gasteiger partial charge is 0.465 e. The molecule has 1 aromatic rings. The van der Waals surface area contributed by atoms with Crippen LogP contribution in [0.25, 0.3) is 0 Å². The van der Waals surface area contributed by atoms with Gasteiger partial charge in [0.1, 0.15) is 0 Å². The predicted octanol–water partition coefficient (Wildman–Crippen LogP) is 3.62. The van der Waals surface area contributed by atoms with E-state index in [9.17, 15) is 4.79 Å². The smallest absolute Gasteiger partial charge is 0.337 e. The zero-order chi connectivity index (χ0) is 14.4. The zero-order valence-electron chi connectivity index (χ0n) is 12.0. The van der Waals surface area contributed by atoms with Crippen LogP contribution in [0.1, 0.15) is 36.7 Å². The third-order valence-corrected chi connectivity index (χ3v) is 4.13. The van der Waals surface area contributed by atoms with E-state index < -0.39 is 0 Å². The van der Waals surface area contributed by atoms with Gasteiger partial charge in [-0.05, 0) is 36.1 Å². The van der Waals surface area contributed by atoms with Crippen LogP contribution in [-0.4, -0.2) is 19.6 Å². The van der Waals surface area contributed by atoms with Crippen LogP contribution < -0.4 is 5.32 Å². The Kier molecular flexibility index (Phi) is 6.52. The monoisotopic (exact) mass is 327 g/mol. The second-order valence-corrected chi connectivity index (χ2v) is 6.00. The highest BCUT2D eigenvalue weighted by Crippen LogP contribution is 2.19. The quantitative estimate of drug-likeness (QED) is 0.811. The van der Waals surface area contributed by atoms with Gasteiger partial charge in [-0.1, -0.05) is 42.8 Å². The Morgan fingerprint density at radius 1 is 1.37 bits per heavy atom. The van der Waals surface area contributed by atoms with Crippen LogP contribution in [0.5, 0.6) is 0 Å². The maximum Gasteiger partial charge on any atom is 0.337 e. The lowest BCUT2D eigenvalue weighted by Crippen LogP contribution is -2.24. The summed E-state index contributed by atoms with van der Waals surface area (Å²) in [6.45, 7) is 8.48. The molecule has 0 aliphatic heterocycles. The molecule has 1 atom stereocenters. The fourth-order valence-electron chi connectivity index (χ4n) is 1.61. The fraction of sp³-hybridized carbons (Fsp3) is 0.533. The Labute approximate surface area is 123 Å². The molecule has 3 nitrogen and oxygen atoms in total. The zero-order valence-corrected chi connectivity index (χ0v) is 13.6. The Balaban J connectivity index is 2.58. The molecule has 0 saturated carbocycles. The molecule has 0 radical (unpaired) electrons. The molecule has 0 amide bonds. The van der Waals surface area contributed by atoms with E-state index in [1.54, 1.807) is 12.1 Å². The predicted molar refractivity (Wildman–Crippen MR) is 81.2 cm³/mol. The number of nitrogens with one attached hydrogen (secondary N) is 1. The Hall–Kier alpha value is -0.870. The highest BCUT2D eigenvalue weighted by atomic mass is 79.9. The van der Waals surface area contributed by atoms with E-state index in [2.05, 4.69) is 42.0 Å². The van der Waals surface area contributed by atoms with Crippen LogP contribution >= 0.6 is 15.9 Å². The first-order chi connectivity index (χ1) is 8.95. The van der Waals surface area contributed by atoms with Crippen molar-refractivity contribution < 1.29 is 9.53 Å². The summed E-state index contributed by atoms with van der Waals surface area (Å²) in [5, 5.41) is 3.44. The molecule has 0 fully saturated rings. The Morgan fingerprint density at radius 3 is 2.58 bits per heavy atom. The van der Waals surface area contributed by atoms with Crippen molar-refractivity contribution in [1.29, 1.82) is 0 Å². The lowest BCUT2D eigenvalue weighted by molar-refractivity contribution is 0.0600. The molecule has 0 spiro atoms.